The van der Waals surface area contributed by atoms with Crippen LogP contribution in [-0.2, 0) is 22.7 Å². The summed E-state index contributed by atoms with van der Waals surface area (Å²) in [7, 11) is 1.72. The summed E-state index contributed by atoms with van der Waals surface area (Å²) in [4.78, 5) is 23.6. The van der Waals surface area contributed by atoms with Gasteiger partial charge in [-0.25, -0.2) is 4.98 Å². The van der Waals surface area contributed by atoms with Gasteiger partial charge in [-0.3, -0.25) is 4.98 Å². The molecule has 1 aliphatic heterocycles. The fourth-order valence-electron chi connectivity index (χ4n) is 4.50. The van der Waals surface area contributed by atoms with Gasteiger partial charge in [0.2, 0.25) is 0 Å². The van der Waals surface area contributed by atoms with E-state index in [1.165, 1.54) is 17.4 Å². The standard InChI is InChI=1S/C26H32N4O2/c1-32-19-22-7-4-6-21(16-22)17-27-13-5-10-26(20-31)11-14-30(15-12-26)25-18-28-23-8-2-3-9-24(23)29-25/h2-4,6-9,16,18,20,27H,5,10-15,17,19H2,1H3. The number of methoxy groups -OCH3 is 1. The SMILES string of the molecule is COCc1cccc(CNCCCC2(C=O)CCN(c3cnc4ccccc4n3)CC2)c1. The molecule has 6 nitrogen and oxygen atoms in total. The minimum Gasteiger partial charge on any atom is -0.380 e. The number of para-hydroxylation sites is 2. The van der Waals surface area contributed by atoms with Crippen molar-refractivity contribution in [2.75, 3.05) is 31.6 Å². The number of hydrogen-bond donors (Lipinski definition) is 1. The van der Waals surface area contributed by atoms with Crippen molar-refractivity contribution in [2.24, 2.45) is 5.41 Å². The van der Waals surface area contributed by atoms with Gasteiger partial charge in [0, 0.05) is 32.2 Å². The van der Waals surface area contributed by atoms with Gasteiger partial charge >= 0.3 is 0 Å². The Hall–Kier alpha value is -2.83. The van der Waals surface area contributed by atoms with Crippen molar-refractivity contribution >= 4 is 23.1 Å². The molecule has 0 amide bonds. The molecule has 1 fully saturated rings. The first-order valence-electron chi connectivity index (χ1n) is 11.4. The maximum absolute atomic E-state index is 12.0. The van der Waals surface area contributed by atoms with Gasteiger partial charge in [0.15, 0.2) is 0 Å². The van der Waals surface area contributed by atoms with Gasteiger partial charge in [0.25, 0.3) is 0 Å². The number of aromatic nitrogens is 2. The average Bonchev–Trinajstić information content (AvgIpc) is 2.84. The second-order valence-electron chi connectivity index (χ2n) is 8.72. The van der Waals surface area contributed by atoms with E-state index >= 15 is 0 Å². The predicted molar refractivity (Wildman–Crippen MR) is 128 cm³/mol. The van der Waals surface area contributed by atoms with Gasteiger partial charge in [-0.15, -0.1) is 0 Å². The molecule has 0 aliphatic carbocycles. The fraction of sp³-hybridized carbons (Fsp3) is 0.423. The summed E-state index contributed by atoms with van der Waals surface area (Å²) in [5.41, 5.74) is 4.05. The molecule has 3 aromatic rings. The molecule has 0 spiro atoms. The van der Waals surface area contributed by atoms with E-state index in [0.29, 0.717) is 6.61 Å². The van der Waals surface area contributed by atoms with Crippen LogP contribution in [0.4, 0.5) is 5.82 Å². The van der Waals surface area contributed by atoms with Crippen LogP contribution in [0.3, 0.4) is 0 Å². The second-order valence-corrected chi connectivity index (χ2v) is 8.72. The molecular weight excluding hydrogens is 400 g/mol. The minimum absolute atomic E-state index is 0.221. The maximum atomic E-state index is 12.0. The molecule has 6 heteroatoms. The molecule has 4 rings (SSSR count). The van der Waals surface area contributed by atoms with E-state index < -0.39 is 0 Å². The van der Waals surface area contributed by atoms with E-state index in [9.17, 15) is 4.79 Å². The quantitative estimate of drug-likeness (QED) is 0.384. The summed E-state index contributed by atoms with van der Waals surface area (Å²) in [5.74, 6) is 0.903. The summed E-state index contributed by atoms with van der Waals surface area (Å²) in [6.07, 6.45) is 6.69. The van der Waals surface area contributed by atoms with Crippen LogP contribution in [0, 0.1) is 5.41 Å². The van der Waals surface area contributed by atoms with E-state index in [2.05, 4.69) is 39.5 Å². The van der Waals surface area contributed by atoms with Gasteiger partial charge in [-0.1, -0.05) is 36.4 Å². The summed E-state index contributed by atoms with van der Waals surface area (Å²) >= 11 is 0. The lowest BCUT2D eigenvalue weighted by Crippen LogP contribution is -2.41. The van der Waals surface area contributed by atoms with Crippen molar-refractivity contribution < 1.29 is 9.53 Å². The smallest absolute Gasteiger partial charge is 0.147 e. The van der Waals surface area contributed by atoms with E-state index in [1.807, 2.05) is 30.5 Å². The largest absolute Gasteiger partial charge is 0.380 e. The molecule has 0 atom stereocenters. The van der Waals surface area contributed by atoms with Crippen LogP contribution >= 0.6 is 0 Å². The zero-order valence-corrected chi connectivity index (χ0v) is 18.8. The molecule has 32 heavy (non-hydrogen) atoms. The molecule has 168 valence electrons. The number of nitrogens with one attached hydrogen (secondary N) is 1. The van der Waals surface area contributed by atoms with Crippen LogP contribution in [0.15, 0.2) is 54.7 Å². The number of carbonyl (C=O) groups is 1. The maximum Gasteiger partial charge on any atom is 0.147 e. The molecule has 0 unspecified atom stereocenters. The zero-order chi connectivity index (χ0) is 22.2. The van der Waals surface area contributed by atoms with Crippen LogP contribution < -0.4 is 10.2 Å². The summed E-state index contributed by atoms with van der Waals surface area (Å²) in [5, 5.41) is 3.52. The molecule has 1 aromatic heterocycles. The first-order chi connectivity index (χ1) is 15.7. The average molecular weight is 433 g/mol. The first-order valence-corrected chi connectivity index (χ1v) is 11.4. The number of carbonyl (C=O) groups excluding carboxylic acids is 1. The molecule has 0 radical (unpaired) electrons. The van der Waals surface area contributed by atoms with Gasteiger partial charge in [0.05, 0.1) is 23.8 Å². The predicted octanol–water partition coefficient (Wildman–Crippen LogP) is 4.13. The first kappa shape index (κ1) is 22.4. The highest BCUT2D eigenvalue weighted by atomic mass is 16.5. The van der Waals surface area contributed by atoms with Crippen molar-refractivity contribution in [3.63, 3.8) is 0 Å². The Morgan fingerprint density at radius 3 is 2.66 bits per heavy atom. The Morgan fingerprint density at radius 2 is 1.88 bits per heavy atom. The van der Waals surface area contributed by atoms with Gasteiger partial charge in [0.1, 0.15) is 12.1 Å². The third kappa shape index (κ3) is 5.50. The second kappa shape index (κ2) is 10.7. The van der Waals surface area contributed by atoms with Crippen molar-refractivity contribution in [1.82, 2.24) is 15.3 Å². The summed E-state index contributed by atoms with van der Waals surface area (Å²) < 4.78 is 5.21. The number of aldehydes is 1. The van der Waals surface area contributed by atoms with Crippen LogP contribution in [0.1, 0.15) is 36.8 Å². The number of hydrogen-bond acceptors (Lipinski definition) is 6. The van der Waals surface area contributed by atoms with Gasteiger partial charge < -0.3 is 19.7 Å². The molecule has 1 aliphatic rings. The molecular formula is C26H32N4O2. The number of piperidine rings is 1. The number of rotatable bonds is 10. The third-order valence-corrected chi connectivity index (χ3v) is 6.43. The number of anilines is 1. The lowest BCUT2D eigenvalue weighted by molar-refractivity contribution is -0.117. The van der Waals surface area contributed by atoms with Crippen molar-refractivity contribution in [3.05, 3.63) is 65.9 Å². The highest BCUT2D eigenvalue weighted by Crippen LogP contribution is 2.35. The monoisotopic (exact) mass is 432 g/mol. The topological polar surface area (TPSA) is 67.3 Å². The van der Waals surface area contributed by atoms with E-state index in [0.717, 1.165) is 68.7 Å². The molecule has 0 saturated carbocycles. The van der Waals surface area contributed by atoms with Crippen molar-refractivity contribution in [1.29, 1.82) is 0 Å². The summed E-state index contributed by atoms with van der Waals surface area (Å²) in [6.45, 7) is 4.05. The third-order valence-electron chi connectivity index (χ3n) is 6.43. The lowest BCUT2D eigenvalue weighted by Gasteiger charge is -2.38. The number of fused-ring (bicyclic) bond motifs is 1. The Balaban J connectivity index is 1.24. The lowest BCUT2D eigenvalue weighted by atomic mass is 9.76. The fourth-order valence-corrected chi connectivity index (χ4v) is 4.50. The normalized spacial score (nSPS) is 15.7. The number of nitrogens with zero attached hydrogens (tertiary/aromatic N) is 3. The van der Waals surface area contributed by atoms with Crippen molar-refractivity contribution in [3.8, 4) is 0 Å². The van der Waals surface area contributed by atoms with Crippen LogP contribution in [0.25, 0.3) is 11.0 Å². The van der Waals surface area contributed by atoms with E-state index in [-0.39, 0.29) is 5.41 Å². The molecule has 1 saturated heterocycles. The number of ether oxygens (including phenoxy) is 1. The molecule has 2 heterocycles. The van der Waals surface area contributed by atoms with E-state index in [1.54, 1.807) is 7.11 Å². The van der Waals surface area contributed by atoms with Crippen molar-refractivity contribution in [2.45, 2.75) is 38.8 Å². The van der Waals surface area contributed by atoms with Gasteiger partial charge in [-0.2, -0.15) is 0 Å². The molecule has 2 aromatic carbocycles. The van der Waals surface area contributed by atoms with Crippen LogP contribution in [0.5, 0.6) is 0 Å². The number of benzene rings is 2. The zero-order valence-electron chi connectivity index (χ0n) is 18.8. The highest BCUT2D eigenvalue weighted by molar-refractivity contribution is 5.75. The molecule has 0 bridgehead atoms. The Bertz CT molecular complexity index is 1030. The highest BCUT2D eigenvalue weighted by Gasteiger charge is 2.34. The Morgan fingerprint density at radius 1 is 1.09 bits per heavy atom. The molecule has 1 N–H and O–H groups in total. The van der Waals surface area contributed by atoms with Crippen LogP contribution in [-0.4, -0.2) is 43.0 Å². The van der Waals surface area contributed by atoms with E-state index in [4.69, 9.17) is 9.72 Å². The minimum atomic E-state index is -0.221. The Labute approximate surface area is 190 Å². The Kier molecular flexibility index (Phi) is 7.45. The summed E-state index contributed by atoms with van der Waals surface area (Å²) in [6, 6.07) is 16.4. The van der Waals surface area contributed by atoms with Gasteiger partial charge in [-0.05, 0) is 55.5 Å². The van der Waals surface area contributed by atoms with Crippen LogP contribution in [0.2, 0.25) is 0 Å².